The lowest BCUT2D eigenvalue weighted by Gasteiger charge is -2.11. The fourth-order valence-electron chi connectivity index (χ4n) is 1.96. The van der Waals surface area contributed by atoms with Crippen LogP contribution in [0.2, 0.25) is 5.02 Å². The van der Waals surface area contributed by atoms with Crippen molar-refractivity contribution in [2.24, 2.45) is 0 Å². The minimum atomic E-state index is -0.339. The summed E-state index contributed by atoms with van der Waals surface area (Å²) < 4.78 is 13.5. The van der Waals surface area contributed by atoms with E-state index in [-0.39, 0.29) is 11.8 Å². The van der Waals surface area contributed by atoms with E-state index in [1.54, 1.807) is 30.3 Å². The normalized spacial score (nSPS) is 10.3. The van der Waals surface area contributed by atoms with E-state index in [1.807, 2.05) is 12.3 Å². The molecular formula is C16H16ClFN2OS. The highest BCUT2D eigenvalue weighted by atomic mass is 35.5. The molecule has 0 unspecified atom stereocenters. The third-order valence-electron chi connectivity index (χ3n) is 3.05. The number of amides is 2. The Morgan fingerprint density at radius 3 is 2.77 bits per heavy atom. The molecule has 3 nitrogen and oxygen atoms in total. The number of anilines is 1. The first-order valence-corrected chi connectivity index (χ1v) is 8.32. The summed E-state index contributed by atoms with van der Waals surface area (Å²) in [5, 5.41) is 6.02. The van der Waals surface area contributed by atoms with Gasteiger partial charge in [0.05, 0.1) is 5.69 Å². The molecule has 116 valence electrons. The zero-order chi connectivity index (χ0) is 15.9. The number of carbonyl (C=O) groups excluding carboxylic acids is 1. The highest BCUT2D eigenvalue weighted by molar-refractivity contribution is 7.98. The first-order chi connectivity index (χ1) is 10.6. The Morgan fingerprint density at radius 1 is 1.27 bits per heavy atom. The number of rotatable bonds is 5. The van der Waals surface area contributed by atoms with Crippen LogP contribution in [-0.2, 0) is 6.42 Å². The molecule has 2 aromatic rings. The van der Waals surface area contributed by atoms with Gasteiger partial charge in [0.15, 0.2) is 0 Å². The molecule has 0 spiro atoms. The Labute approximate surface area is 138 Å². The average Bonchev–Trinajstić information content (AvgIpc) is 2.49. The molecule has 2 N–H and O–H groups in total. The zero-order valence-corrected chi connectivity index (χ0v) is 13.6. The first kappa shape index (κ1) is 16.6. The van der Waals surface area contributed by atoms with Crippen LogP contribution in [-0.4, -0.2) is 18.8 Å². The van der Waals surface area contributed by atoms with E-state index in [0.29, 0.717) is 29.2 Å². The second-order valence-corrected chi connectivity index (χ2v) is 5.85. The molecule has 0 aliphatic carbocycles. The van der Waals surface area contributed by atoms with E-state index in [9.17, 15) is 9.18 Å². The SMILES string of the molecule is CSc1ccc(Cl)cc1NC(=O)NCCc1ccccc1F. The van der Waals surface area contributed by atoms with E-state index in [0.717, 1.165) is 4.90 Å². The van der Waals surface area contributed by atoms with Gasteiger partial charge < -0.3 is 10.6 Å². The fourth-order valence-corrected chi connectivity index (χ4v) is 2.66. The van der Waals surface area contributed by atoms with Gasteiger partial charge in [0, 0.05) is 16.5 Å². The maximum Gasteiger partial charge on any atom is 0.319 e. The van der Waals surface area contributed by atoms with Crippen LogP contribution >= 0.6 is 23.4 Å². The molecule has 22 heavy (non-hydrogen) atoms. The number of hydrogen-bond acceptors (Lipinski definition) is 2. The summed E-state index contributed by atoms with van der Waals surface area (Å²) in [6.45, 7) is 0.349. The smallest absolute Gasteiger partial charge is 0.319 e. The second-order valence-electron chi connectivity index (χ2n) is 4.57. The van der Waals surface area contributed by atoms with Crippen molar-refractivity contribution < 1.29 is 9.18 Å². The van der Waals surface area contributed by atoms with Crippen molar-refractivity contribution >= 4 is 35.1 Å². The van der Waals surface area contributed by atoms with Crippen molar-refractivity contribution in [2.75, 3.05) is 18.1 Å². The summed E-state index contributed by atoms with van der Waals surface area (Å²) in [6.07, 6.45) is 2.36. The van der Waals surface area contributed by atoms with E-state index < -0.39 is 0 Å². The number of halogens is 2. The van der Waals surface area contributed by atoms with E-state index in [2.05, 4.69) is 10.6 Å². The topological polar surface area (TPSA) is 41.1 Å². The van der Waals surface area contributed by atoms with Crippen LogP contribution in [0.5, 0.6) is 0 Å². The molecule has 0 bridgehead atoms. The molecule has 0 aromatic heterocycles. The van der Waals surface area contributed by atoms with Gasteiger partial charge in [0.25, 0.3) is 0 Å². The highest BCUT2D eigenvalue weighted by Gasteiger charge is 2.07. The molecule has 2 rings (SSSR count). The largest absolute Gasteiger partial charge is 0.338 e. The average molecular weight is 339 g/mol. The van der Waals surface area contributed by atoms with Crippen molar-refractivity contribution in [3.05, 3.63) is 58.9 Å². The van der Waals surface area contributed by atoms with Crippen LogP contribution in [0.1, 0.15) is 5.56 Å². The number of thioether (sulfide) groups is 1. The highest BCUT2D eigenvalue weighted by Crippen LogP contribution is 2.28. The summed E-state index contributed by atoms with van der Waals surface area (Å²) in [4.78, 5) is 12.8. The van der Waals surface area contributed by atoms with Gasteiger partial charge >= 0.3 is 6.03 Å². The number of hydrogen-bond donors (Lipinski definition) is 2. The van der Waals surface area contributed by atoms with Gasteiger partial charge in [-0.2, -0.15) is 0 Å². The molecule has 6 heteroatoms. The summed E-state index contributed by atoms with van der Waals surface area (Å²) in [5.74, 6) is -0.260. The number of urea groups is 1. The van der Waals surface area contributed by atoms with Gasteiger partial charge in [0.2, 0.25) is 0 Å². The van der Waals surface area contributed by atoms with Gasteiger partial charge in [-0.25, -0.2) is 9.18 Å². The molecule has 0 atom stereocenters. The van der Waals surface area contributed by atoms with E-state index >= 15 is 0 Å². The van der Waals surface area contributed by atoms with Gasteiger partial charge in [-0.3, -0.25) is 0 Å². The van der Waals surface area contributed by atoms with Crippen molar-refractivity contribution in [1.29, 1.82) is 0 Å². The molecule has 0 saturated heterocycles. The Kier molecular flexibility index (Phi) is 6.10. The number of nitrogens with one attached hydrogen (secondary N) is 2. The zero-order valence-electron chi connectivity index (χ0n) is 12.0. The standard InChI is InChI=1S/C16H16ClFN2OS/c1-22-15-7-6-12(17)10-14(15)20-16(21)19-9-8-11-4-2-3-5-13(11)18/h2-7,10H,8-9H2,1H3,(H2,19,20,21). The predicted octanol–water partition coefficient (Wildman–Crippen LogP) is 4.57. The summed E-state index contributed by atoms with van der Waals surface area (Å²) in [7, 11) is 0. The third kappa shape index (κ3) is 4.64. The van der Waals surface area contributed by atoms with E-state index in [1.165, 1.54) is 17.8 Å². The van der Waals surface area contributed by atoms with Crippen molar-refractivity contribution in [3.63, 3.8) is 0 Å². The van der Waals surface area contributed by atoms with Crippen LogP contribution in [0, 0.1) is 5.82 Å². The van der Waals surface area contributed by atoms with E-state index in [4.69, 9.17) is 11.6 Å². The van der Waals surface area contributed by atoms with Crippen molar-refractivity contribution in [2.45, 2.75) is 11.3 Å². The number of benzene rings is 2. The second kappa shape index (κ2) is 8.06. The Hall–Kier alpha value is -1.72. The third-order valence-corrected chi connectivity index (χ3v) is 4.08. The minimum absolute atomic E-state index is 0.260. The monoisotopic (exact) mass is 338 g/mol. The molecule has 2 aromatic carbocycles. The molecule has 2 amide bonds. The quantitative estimate of drug-likeness (QED) is 0.784. The molecule has 0 aliphatic heterocycles. The van der Waals surface area contributed by atoms with Gasteiger partial charge in [-0.1, -0.05) is 29.8 Å². The Balaban J connectivity index is 1.88. The van der Waals surface area contributed by atoms with Gasteiger partial charge in [-0.15, -0.1) is 11.8 Å². The predicted molar refractivity (Wildman–Crippen MR) is 90.4 cm³/mol. The lowest BCUT2D eigenvalue weighted by molar-refractivity contribution is 0.252. The first-order valence-electron chi connectivity index (χ1n) is 6.72. The van der Waals surface area contributed by atoms with Gasteiger partial charge in [-0.05, 0) is 42.5 Å². The lowest BCUT2D eigenvalue weighted by atomic mass is 10.1. The minimum Gasteiger partial charge on any atom is -0.338 e. The van der Waals surface area contributed by atoms with Crippen LogP contribution in [0.25, 0.3) is 0 Å². The maximum absolute atomic E-state index is 13.5. The van der Waals surface area contributed by atoms with Crippen LogP contribution in [0.3, 0.4) is 0 Å². The van der Waals surface area contributed by atoms with Crippen molar-refractivity contribution in [1.82, 2.24) is 5.32 Å². The maximum atomic E-state index is 13.5. The Bertz CT molecular complexity index is 666. The molecule has 0 heterocycles. The summed E-state index contributed by atoms with van der Waals surface area (Å²) in [6, 6.07) is 11.5. The molecule has 0 saturated carbocycles. The van der Waals surface area contributed by atoms with Crippen LogP contribution in [0.15, 0.2) is 47.4 Å². The molecule has 0 aliphatic rings. The van der Waals surface area contributed by atoms with Crippen molar-refractivity contribution in [3.8, 4) is 0 Å². The number of carbonyl (C=O) groups is 1. The summed E-state index contributed by atoms with van der Waals surface area (Å²) >= 11 is 7.45. The lowest BCUT2D eigenvalue weighted by Crippen LogP contribution is -2.30. The molecule has 0 fully saturated rings. The fraction of sp³-hybridized carbons (Fsp3) is 0.188. The van der Waals surface area contributed by atoms with Crippen LogP contribution in [0.4, 0.5) is 14.9 Å². The Morgan fingerprint density at radius 2 is 2.05 bits per heavy atom. The molecular weight excluding hydrogens is 323 g/mol. The molecule has 0 radical (unpaired) electrons. The van der Waals surface area contributed by atoms with Gasteiger partial charge in [0.1, 0.15) is 5.82 Å². The van der Waals surface area contributed by atoms with Crippen LogP contribution < -0.4 is 10.6 Å². The summed E-state index contributed by atoms with van der Waals surface area (Å²) in [5.41, 5.74) is 1.23.